The fourth-order valence-corrected chi connectivity index (χ4v) is 4.53. The molecule has 1 aromatic heterocycles. The van der Waals surface area contributed by atoms with Crippen LogP contribution in [0.25, 0.3) is 11.0 Å². The van der Waals surface area contributed by atoms with Gasteiger partial charge in [-0.1, -0.05) is 5.16 Å². The summed E-state index contributed by atoms with van der Waals surface area (Å²) in [5, 5.41) is 17.3. The molecule has 11 nitrogen and oxygen atoms in total. The lowest BCUT2D eigenvalue weighted by Crippen LogP contribution is -2.55. The lowest BCUT2D eigenvalue weighted by Gasteiger charge is -2.34. The molecular weight excluding hydrogens is 523 g/mol. The molecule has 39 heavy (non-hydrogen) atoms. The molecule has 0 unspecified atom stereocenters. The quantitative estimate of drug-likeness (QED) is 0.440. The zero-order valence-corrected chi connectivity index (χ0v) is 20.4. The Labute approximate surface area is 219 Å². The van der Waals surface area contributed by atoms with Crippen LogP contribution in [-0.2, 0) is 14.3 Å². The van der Waals surface area contributed by atoms with E-state index in [-0.39, 0.29) is 49.0 Å². The normalized spacial score (nSPS) is 20.2. The summed E-state index contributed by atoms with van der Waals surface area (Å²) in [5.41, 5.74) is 5.97. The third kappa shape index (κ3) is 5.25. The number of amides is 3. The summed E-state index contributed by atoms with van der Waals surface area (Å²) in [6, 6.07) is 7.93. The number of likely N-dealkylation sites (tertiary alicyclic amines) is 1. The number of nitrogens with one attached hydrogen (secondary N) is 1. The third-order valence-electron chi connectivity index (χ3n) is 6.72. The molecule has 14 heteroatoms. The Morgan fingerprint density at radius 1 is 1.15 bits per heavy atom. The molecule has 2 aliphatic heterocycles. The molecule has 0 spiro atoms. The van der Waals surface area contributed by atoms with Gasteiger partial charge in [0.1, 0.15) is 5.82 Å². The zero-order valence-electron chi connectivity index (χ0n) is 20.4. The molecule has 5 rings (SSSR count). The van der Waals surface area contributed by atoms with Crippen LogP contribution in [0.3, 0.4) is 0 Å². The van der Waals surface area contributed by atoms with E-state index in [4.69, 9.17) is 15.0 Å². The molecule has 4 N–H and O–H groups in total. The molecule has 2 fully saturated rings. The number of anilines is 3. The number of fused-ring (bicyclic) bond motifs is 1. The highest BCUT2D eigenvalue weighted by molar-refractivity contribution is 6.05. The van der Waals surface area contributed by atoms with E-state index in [0.717, 1.165) is 21.9 Å². The smallest absolute Gasteiger partial charge is 0.259 e. The number of carbonyl (C=O) groups excluding carboxylic acids is 3. The van der Waals surface area contributed by atoms with Crippen molar-refractivity contribution in [1.29, 1.82) is 0 Å². The van der Waals surface area contributed by atoms with Crippen molar-refractivity contribution >= 4 is 45.9 Å². The molecule has 2 aliphatic rings. The lowest BCUT2D eigenvalue weighted by atomic mass is 10.0. The molecule has 2 aromatic carbocycles. The van der Waals surface area contributed by atoms with E-state index in [9.17, 15) is 32.7 Å². The number of ether oxygens (including phenoxy) is 1. The number of aliphatic hydroxyl groups excluding tert-OH is 1. The van der Waals surface area contributed by atoms with E-state index in [0.29, 0.717) is 11.0 Å². The molecule has 0 aliphatic carbocycles. The van der Waals surface area contributed by atoms with Crippen LogP contribution in [0, 0.1) is 5.82 Å². The Morgan fingerprint density at radius 2 is 1.90 bits per heavy atom. The highest BCUT2D eigenvalue weighted by atomic mass is 19.3. The maximum absolute atomic E-state index is 14.6. The number of aliphatic hydroxyl groups is 1. The van der Waals surface area contributed by atoms with Crippen LogP contribution in [0.15, 0.2) is 40.9 Å². The molecule has 2 atom stereocenters. The van der Waals surface area contributed by atoms with Gasteiger partial charge in [0.25, 0.3) is 23.6 Å². The minimum atomic E-state index is -2.88. The second-order valence-corrected chi connectivity index (χ2v) is 9.31. The highest BCUT2D eigenvalue weighted by Gasteiger charge is 2.40. The average molecular weight is 547 g/mol. The zero-order chi connectivity index (χ0) is 27.9. The number of rotatable bonds is 5. The number of carbonyl (C=O) groups is 3. The number of hydrogen-bond acceptors (Lipinski definition) is 8. The summed E-state index contributed by atoms with van der Waals surface area (Å²) >= 11 is 0. The van der Waals surface area contributed by atoms with Crippen LogP contribution in [0.5, 0.6) is 0 Å². The van der Waals surface area contributed by atoms with E-state index in [1.165, 1.54) is 18.2 Å². The molecule has 0 saturated carbocycles. The number of nitrogen functional groups attached to an aromatic ring is 1. The average Bonchev–Trinajstić information content (AvgIpc) is 3.28. The van der Waals surface area contributed by atoms with Crippen molar-refractivity contribution in [1.82, 2.24) is 10.1 Å². The first kappa shape index (κ1) is 26.4. The SMILES string of the molecule is Nc1noc2cc(NC(=O)[C@H](O)[C@H]3OCCN(c4ccc(F)c(C(=O)N5CCC(F)(F)CC5)c4)C3=O)ccc12. The van der Waals surface area contributed by atoms with Gasteiger partial charge >= 0.3 is 0 Å². The van der Waals surface area contributed by atoms with Crippen molar-refractivity contribution < 1.29 is 41.9 Å². The van der Waals surface area contributed by atoms with Gasteiger partial charge in [-0.3, -0.25) is 14.4 Å². The number of hydrogen-bond donors (Lipinski definition) is 3. The molecule has 206 valence electrons. The van der Waals surface area contributed by atoms with Crippen molar-refractivity contribution in [3.8, 4) is 0 Å². The first-order chi connectivity index (χ1) is 18.5. The summed E-state index contributed by atoms with van der Waals surface area (Å²) in [7, 11) is 0. The summed E-state index contributed by atoms with van der Waals surface area (Å²) in [6.45, 7) is -0.521. The van der Waals surface area contributed by atoms with Crippen LogP contribution in [-0.4, -0.2) is 77.3 Å². The summed E-state index contributed by atoms with van der Waals surface area (Å²) in [4.78, 5) is 41.1. The highest BCUT2D eigenvalue weighted by Crippen LogP contribution is 2.30. The number of benzene rings is 2. The van der Waals surface area contributed by atoms with Gasteiger partial charge in [0.15, 0.2) is 23.6 Å². The van der Waals surface area contributed by atoms with Crippen molar-refractivity contribution in [3.05, 3.63) is 47.8 Å². The third-order valence-corrected chi connectivity index (χ3v) is 6.72. The lowest BCUT2D eigenvalue weighted by molar-refractivity contribution is -0.150. The van der Waals surface area contributed by atoms with Crippen molar-refractivity contribution in [3.63, 3.8) is 0 Å². The number of nitrogens with two attached hydrogens (primary N) is 1. The maximum Gasteiger partial charge on any atom is 0.259 e. The minimum absolute atomic E-state index is 0.00244. The second kappa shape index (κ2) is 10.2. The summed E-state index contributed by atoms with van der Waals surface area (Å²) in [6.07, 6.45) is -4.54. The van der Waals surface area contributed by atoms with Crippen molar-refractivity contribution in [2.75, 3.05) is 42.2 Å². The van der Waals surface area contributed by atoms with E-state index >= 15 is 0 Å². The summed E-state index contributed by atoms with van der Waals surface area (Å²) < 4.78 is 52.0. The fraction of sp³-hybridized carbons (Fsp3) is 0.360. The first-order valence-corrected chi connectivity index (χ1v) is 12.1. The van der Waals surface area contributed by atoms with Gasteiger partial charge in [-0.2, -0.15) is 0 Å². The second-order valence-electron chi connectivity index (χ2n) is 9.31. The number of halogens is 3. The number of morpholine rings is 1. The fourth-order valence-electron chi connectivity index (χ4n) is 4.53. The molecule has 0 radical (unpaired) electrons. The van der Waals surface area contributed by atoms with Crippen LogP contribution in [0.2, 0.25) is 0 Å². The molecule has 2 saturated heterocycles. The van der Waals surface area contributed by atoms with Crippen LogP contribution >= 0.6 is 0 Å². The predicted molar refractivity (Wildman–Crippen MR) is 132 cm³/mol. The largest absolute Gasteiger partial charge is 0.380 e. The maximum atomic E-state index is 14.6. The van der Waals surface area contributed by atoms with E-state index in [1.807, 2.05) is 0 Å². The molecule has 0 bridgehead atoms. The van der Waals surface area contributed by atoms with Gasteiger partial charge in [-0.05, 0) is 30.3 Å². The van der Waals surface area contributed by atoms with Gasteiger partial charge in [0.05, 0.1) is 17.6 Å². The van der Waals surface area contributed by atoms with Gasteiger partial charge in [0, 0.05) is 49.9 Å². The van der Waals surface area contributed by atoms with Gasteiger partial charge in [-0.15, -0.1) is 0 Å². The van der Waals surface area contributed by atoms with Crippen molar-refractivity contribution in [2.24, 2.45) is 0 Å². The number of aromatic nitrogens is 1. The van der Waals surface area contributed by atoms with Crippen LogP contribution < -0.4 is 16.0 Å². The molecule has 3 heterocycles. The summed E-state index contributed by atoms with van der Waals surface area (Å²) in [5.74, 6) is -6.07. The Morgan fingerprint density at radius 3 is 2.64 bits per heavy atom. The van der Waals surface area contributed by atoms with E-state index < -0.39 is 54.5 Å². The minimum Gasteiger partial charge on any atom is -0.380 e. The van der Waals surface area contributed by atoms with E-state index in [2.05, 4.69) is 10.5 Å². The molecule has 3 amide bonds. The van der Waals surface area contributed by atoms with Crippen LogP contribution in [0.1, 0.15) is 23.2 Å². The van der Waals surface area contributed by atoms with Gasteiger partial charge in [0.2, 0.25) is 0 Å². The Kier molecular flexibility index (Phi) is 6.91. The Bertz CT molecular complexity index is 1440. The first-order valence-electron chi connectivity index (χ1n) is 12.1. The van der Waals surface area contributed by atoms with Gasteiger partial charge in [-0.25, -0.2) is 13.2 Å². The van der Waals surface area contributed by atoms with Gasteiger partial charge < -0.3 is 35.2 Å². The standard InChI is InChI=1S/C25H24F3N5O6/c26-17-4-2-14(12-16(17)23(36)32-7-5-25(27,28)6-8-32)33-9-10-38-20(24(33)37)19(34)22(35)30-13-1-3-15-18(11-13)39-31-21(15)29/h1-4,11-12,19-20,34H,5-10H2,(H2,29,31)(H,30,35)/t19-,20-/m1/s1. The Hall–Kier alpha value is -4.17. The molecular formula is C25H24F3N5O6. The number of piperidine rings is 1. The number of alkyl halides is 2. The molecule has 3 aromatic rings. The number of nitrogens with zero attached hydrogens (tertiary/aromatic N) is 3. The Balaban J connectivity index is 1.29. The topological polar surface area (TPSA) is 151 Å². The monoisotopic (exact) mass is 547 g/mol. The predicted octanol–water partition coefficient (Wildman–Crippen LogP) is 2.15. The van der Waals surface area contributed by atoms with Crippen molar-refractivity contribution in [2.45, 2.75) is 31.0 Å². The van der Waals surface area contributed by atoms with E-state index in [1.54, 1.807) is 6.07 Å². The van der Waals surface area contributed by atoms with Crippen LogP contribution in [0.4, 0.5) is 30.4 Å².